The Balaban J connectivity index is 2.02. The number of likely N-dealkylation sites (N-methyl/N-ethyl adjacent to an activating group) is 1. The molecular weight excluding hydrogens is 343 g/mol. The van der Waals surface area contributed by atoms with E-state index >= 15 is 0 Å². The number of aromatic nitrogens is 2. The zero-order valence-corrected chi connectivity index (χ0v) is 14.0. The maximum atomic E-state index is 14.1. The third-order valence-electron chi connectivity index (χ3n) is 3.64. The van der Waals surface area contributed by atoms with E-state index in [0.717, 1.165) is 12.1 Å². The Labute approximate surface area is 147 Å². The number of nitro groups is 1. The number of fused-ring (bicyclic) bond motifs is 1. The quantitative estimate of drug-likeness (QED) is 0.413. The van der Waals surface area contributed by atoms with Crippen molar-refractivity contribution in [3.05, 3.63) is 58.2 Å². The maximum Gasteiger partial charge on any atom is 0.272 e. The van der Waals surface area contributed by atoms with Crippen LogP contribution in [-0.4, -0.2) is 46.2 Å². The smallest absolute Gasteiger partial charge is 0.272 e. The van der Waals surface area contributed by atoms with Crippen molar-refractivity contribution in [2.75, 3.05) is 20.6 Å². The Morgan fingerprint density at radius 2 is 2.12 bits per heavy atom. The number of Topliss-reactive ketones (excluding diaryl/α,β-unsaturated/α-hetero) is 1. The SMILES string of the molecule is CN(C)CC(=O)c1c[nH]c2nccc(Oc3ccc([N+](=O)[O-])cc3F)c12. The summed E-state index contributed by atoms with van der Waals surface area (Å²) in [5.41, 5.74) is 0.421. The van der Waals surface area contributed by atoms with Crippen molar-refractivity contribution in [2.45, 2.75) is 0 Å². The van der Waals surface area contributed by atoms with Crippen LogP contribution in [0.5, 0.6) is 11.5 Å². The van der Waals surface area contributed by atoms with Crippen LogP contribution in [0.2, 0.25) is 0 Å². The maximum absolute atomic E-state index is 14.1. The van der Waals surface area contributed by atoms with Crippen molar-refractivity contribution in [1.82, 2.24) is 14.9 Å². The number of carbonyl (C=O) groups is 1. The molecule has 3 aromatic rings. The molecule has 1 aromatic carbocycles. The van der Waals surface area contributed by atoms with Gasteiger partial charge in [-0.3, -0.25) is 14.9 Å². The van der Waals surface area contributed by atoms with E-state index < -0.39 is 10.7 Å². The first-order chi connectivity index (χ1) is 12.4. The molecule has 0 radical (unpaired) electrons. The zero-order chi connectivity index (χ0) is 18.8. The molecular formula is C17H15FN4O4. The molecule has 0 aliphatic carbocycles. The summed E-state index contributed by atoms with van der Waals surface area (Å²) < 4.78 is 19.7. The van der Waals surface area contributed by atoms with Gasteiger partial charge in [0.25, 0.3) is 5.69 Å². The van der Waals surface area contributed by atoms with Crippen molar-refractivity contribution in [3.63, 3.8) is 0 Å². The molecule has 0 unspecified atom stereocenters. The lowest BCUT2D eigenvalue weighted by molar-refractivity contribution is -0.385. The molecule has 0 spiro atoms. The average molecular weight is 358 g/mol. The van der Waals surface area contributed by atoms with Gasteiger partial charge in [-0.05, 0) is 26.2 Å². The van der Waals surface area contributed by atoms with E-state index in [-0.39, 0.29) is 29.5 Å². The van der Waals surface area contributed by atoms with Gasteiger partial charge in [-0.1, -0.05) is 0 Å². The highest BCUT2D eigenvalue weighted by molar-refractivity contribution is 6.10. The predicted octanol–water partition coefficient (Wildman–Crippen LogP) is 3.15. The van der Waals surface area contributed by atoms with Crippen molar-refractivity contribution < 1.29 is 18.8 Å². The Bertz CT molecular complexity index is 1000. The molecule has 2 aromatic heterocycles. The second-order valence-corrected chi connectivity index (χ2v) is 5.87. The van der Waals surface area contributed by atoms with Crippen molar-refractivity contribution >= 4 is 22.5 Å². The molecule has 3 rings (SSSR count). The molecule has 2 heterocycles. The molecule has 134 valence electrons. The van der Waals surface area contributed by atoms with Gasteiger partial charge in [-0.2, -0.15) is 0 Å². The summed E-state index contributed by atoms with van der Waals surface area (Å²) in [6.07, 6.45) is 2.99. The predicted molar refractivity (Wildman–Crippen MR) is 92.1 cm³/mol. The summed E-state index contributed by atoms with van der Waals surface area (Å²) in [6, 6.07) is 4.60. The van der Waals surface area contributed by atoms with Crippen LogP contribution in [0, 0.1) is 15.9 Å². The molecule has 0 bridgehead atoms. The highest BCUT2D eigenvalue weighted by Gasteiger charge is 2.19. The standard InChI is InChI=1S/C17H15FN4O4/c1-21(2)9-13(23)11-8-20-17-16(11)15(5-6-19-17)26-14-4-3-10(22(24)25)7-12(14)18/h3-8H,9H2,1-2H3,(H,19,20). The van der Waals surface area contributed by atoms with Crippen LogP contribution in [0.15, 0.2) is 36.7 Å². The number of pyridine rings is 1. The molecule has 0 fully saturated rings. The normalized spacial score (nSPS) is 11.1. The summed E-state index contributed by atoms with van der Waals surface area (Å²) in [4.78, 5) is 31.2. The van der Waals surface area contributed by atoms with E-state index in [2.05, 4.69) is 9.97 Å². The minimum atomic E-state index is -0.874. The fraction of sp³-hybridized carbons (Fsp3) is 0.176. The third kappa shape index (κ3) is 3.38. The number of non-ortho nitro benzene ring substituents is 1. The number of hydrogen-bond donors (Lipinski definition) is 1. The molecule has 26 heavy (non-hydrogen) atoms. The number of nitrogens with one attached hydrogen (secondary N) is 1. The average Bonchev–Trinajstić information content (AvgIpc) is 3.01. The topological polar surface area (TPSA) is 101 Å². The van der Waals surface area contributed by atoms with Crippen LogP contribution < -0.4 is 4.74 Å². The first kappa shape index (κ1) is 17.5. The molecule has 0 aliphatic rings. The Morgan fingerprint density at radius 1 is 1.35 bits per heavy atom. The fourth-order valence-corrected chi connectivity index (χ4v) is 2.51. The monoisotopic (exact) mass is 358 g/mol. The number of ketones is 1. The highest BCUT2D eigenvalue weighted by Crippen LogP contribution is 2.33. The van der Waals surface area contributed by atoms with Gasteiger partial charge in [0.05, 0.1) is 22.9 Å². The Morgan fingerprint density at radius 3 is 2.77 bits per heavy atom. The molecule has 0 amide bonds. The number of aromatic amines is 1. The van der Waals surface area contributed by atoms with Crippen LogP contribution in [0.25, 0.3) is 11.0 Å². The van der Waals surface area contributed by atoms with Gasteiger partial charge < -0.3 is 14.6 Å². The van der Waals surface area contributed by atoms with Gasteiger partial charge >= 0.3 is 0 Å². The van der Waals surface area contributed by atoms with Gasteiger partial charge in [0.15, 0.2) is 17.3 Å². The first-order valence-electron chi connectivity index (χ1n) is 7.62. The van der Waals surface area contributed by atoms with Crippen LogP contribution in [-0.2, 0) is 0 Å². The lowest BCUT2D eigenvalue weighted by atomic mass is 10.1. The van der Waals surface area contributed by atoms with Gasteiger partial charge in [-0.25, -0.2) is 9.37 Å². The third-order valence-corrected chi connectivity index (χ3v) is 3.64. The Kier molecular flexibility index (Phi) is 4.63. The lowest BCUT2D eigenvalue weighted by Crippen LogP contribution is -2.21. The van der Waals surface area contributed by atoms with E-state index in [1.807, 2.05) is 0 Å². The number of halogens is 1. The van der Waals surface area contributed by atoms with Crippen molar-refractivity contribution in [2.24, 2.45) is 0 Å². The Hall–Kier alpha value is -3.33. The number of nitrogens with zero attached hydrogens (tertiary/aromatic N) is 3. The second kappa shape index (κ2) is 6.89. The minimum absolute atomic E-state index is 0.150. The van der Waals surface area contributed by atoms with E-state index in [9.17, 15) is 19.3 Å². The zero-order valence-electron chi connectivity index (χ0n) is 14.0. The van der Waals surface area contributed by atoms with Crippen LogP contribution in [0.4, 0.5) is 10.1 Å². The van der Waals surface area contributed by atoms with E-state index in [4.69, 9.17) is 4.74 Å². The first-order valence-corrected chi connectivity index (χ1v) is 7.62. The largest absolute Gasteiger partial charge is 0.453 e. The molecule has 0 atom stereocenters. The molecule has 9 heteroatoms. The molecule has 1 N–H and O–H groups in total. The number of carbonyl (C=O) groups excluding carboxylic acids is 1. The van der Waals surface area contributed by atoms with E-state index in [1.54, 1.807) is 19.0 Å². The summed E-state index contributed by atoms with van der Waals surface area (Å²) in [7, 11) is 3.54. The van der Waals surface area contributed by atoms with Crippen molar-refractivity contribution in [1.29, 1.82) is 0 Å². The van der Waals surface area contributed by atoms with E-state index in [1.165, 1.54) is 24.5 Å². The van der Waals surface area contributed by atoms with Crippen molar-refractivity contribution in [3.8, 4) is 11.5 Å². The van der Waals surface area contributed by atoms with E-state index in [0.29, 0.717) is 16.6 Å². The lowest BCUT2D eigenvalue weighted by Gasteiger charge is -2.10. The number of hydrogen-bond acceptors (Lipinski definition) is 6. The van der Waals surface area contributed by atoms with Crippen LogP contribution >= 0.6 is 0 Å². The highest BCUT2D eigenvalue weighted by atomic mass is 19.1. The number of rotatable bonds is 6. The number of ether oxygens (including phenoxy) is 1. The summed E-state index contributed by atoms with van der Waals surface area (Å²) in [6.45, 7) is 0.188. The summed E-state index contributed by atoms with van der Waals surface area (Å²) in [5, 5.41) is 11.1. The molecule has 8 nitrogen and oxygen atoms in total. The van der Waals surface area contributed by atoms with Crippen LogP contribution in [0.3, 0.4) is 0 Å². The number of nitro benzene ring substituents is 1. The van der Waals surface area contributed by atoms with Gasteiger partial charge in [-0.15, -0.1) is 0 Å². The number of benzene rings is 1. The molecule has 0 saturated carbocycles. The van der Waals surface area contributed by atoms with Gasteiger partial charge in [0.1, 0.15) is 11.4 Å². The molecule has 0 aliphatic heterocycles. The summed E-state index contributed by atoms with van der Waals surface area (Å²) in [5.74, 6) is -0.981. The van der Waals surface area contributed by atoms with Gasteiger partial charge in [0.2, 0.25) is 0 Å². The molecule has 0 saturated heterocycles. The minimum Gasteiger partial charge on any atom is -0.453 e. The summed E-state index contributed by atoms with van der Waals surface area (Å²) >= 11 is 0. The van der Waals surface area contributed by atoms with Gasteiger partial charge in [0, 0.05) is 24.0 Å². The fourth-order valence-electron chi connectivity index (χ4n) is 2.51. The number of H-pyrrole nitrogens is 1. The second-order valence-electron chi connectivity index (χ2n) is 5.87. The van der Waals surface area contributed by atoms with Crippen LogP contribution in [0.1, 0.15) is 10.4 Å².